The van der Waals surface area contributed by atoms with E-state index in [1.807, 2.05) is 6.92 Å². The molecule has 1 heterocycles. The van der Waals surface area contributed by atoms with E-state index in [0.717, 1.165) is 5.69 Å². The van der Waals surface area contributed by atoms with Crippen molar-refractivity contribution in [2.24, 2.45) is 7.05 Å². The first kappa shape index (κ1) is 22.6. The molecule has 0 fully saturated rings. The molecule has 0 bridgehead atoms. The lowest BCUT2D eigenvalue weighted by molar-refractivity contribution is -0.119. The minimum Gasteiger partial charge on any atom is -0.452 e. The number of ether oxygens (including phenoxy) is 1. The molecule has 0 saturated heterocycles. The average molecular weight is 423 g/mol. The number of nitrogens with one attached hydrogen (secondary N) is 1. The lowest BCUT2D eigenvalue weighted by Gasteiger charge is -2.21. The molecule has 0 unspecified atom stereocenters. The highest BCUT2D eigenvalue weighted by molar-refractivity contribution is 7.89. The largest absolute Gasteiger partial charge is 0.452 e. The Morgan fingerprint density at radius 1 is 1.28 bits per heavy atom. The summed E-state index contributed by atoms with van der Waals surface area (Å²) in [6.45, 7) is 6.56. The molecular formula is C19H26N4O5S. The van der Waals surface area contributed by atoms with Gasteiger partial charge in [0.25, 0.3) is 5.91 Å². The number of sulfonamides is 1. The van der Waals surface area contributed by atoms with Crippen LogP contribution in [0.1, 0.15) is 35.6 Å². The van der Waals surface area contributed by atoms with Gasteiger partial charge in [-0.2, -0.15) is 9.40 Å². The van der Waals surface area contributed by atoms with Crippen molar-refractivity contribution < 1.29 is 22.7 Å². The van der Waals surface area contributed by atoms with Gasteiger partial charge in [-0.25, -0.2) is 13.2 Å². The van der Waals surface area contributed by atoms with Crippen LogP contribution in [0.2, 0.25) is 0 Å². The van der Waals surface area contributed by atoms with Gasteiger partial charge in [0.1, 0.15) is 0 Å². The Kier molecular flexibility index (Phi) is 6.81. The highest BCUT2D eigenvalue weighted by Crippen LogP contribution is 2.19. The van der Waals surface area contributed by atoms with Gasteiger partial charge in [0.15, 0.2) is 6.61 Å². The summed E-state index contributed by atoms with van der Waals surface area (Å²) in [5.74, 6) is -1.30. The van der Waals surface area contributed by atoms with Crippen LogP contribution >= 0.6 is 0 Å². The van der Waals surface area contributed by atoms with Gasteiger partial charge < -0.3 is 10.1 Å². The molecule has 9 nitrogen and oxygen atoms in total. The number of aryl methyl sites for hydroxylation is 2. The Labute approximate surface area is 170 Å². The predicted octanol–water partition coefficient (Wildman–Crippen LogP) is 1.86. The minimum absolute atomic E-state index is 0.0192. The molecule has 0 saturated carbocycles. The van der Waals surface area contributed by atoms with E-state index in [-0.39, 0.29) is 16.5 Å². The SMILES string of the molecule is Cc1nn(C)c(C)c1NC(=O)COC(=O)c1cccc(S(=O)(=O)N(C)C(C)C)c1. The normalized spacial score (nSPS) is 11.7. The standard InChI is InChI=1S/C19H26N4O5S/c1-12(2)23(6)29(26,27)16-9-7-8-15(10-16)19(25)28-11-17(24)20-18-13(3)21-22(5)14(18)4/h7-10,12H,11H2,1-6H3,(H,20,24). The highest BCUT2D eigenvalue weighted by Gasteiger charge is 2.24. The van der Waals surface area contributed by atoms with E-state index < -0.39 is 28.5 Å². The van der Waals surface area contributed by atoms with Crippen LogP contribution in [-0.4, -0.2) is 54.1 Å². The fourth-order valence-electron chi connectivity index (χ4n) is 2.57. The van der Waals surface area contributed by atoms with Gasteiger partial charge in [-0.1, -0.05) is 6.07 Å². The van der Waals surface area contributed by atoms with E-state index >= 15 is 0 Å². The lowest BCUT2D eigenvalue weighted by Crippen LogP contribution is -2.33. The van der Waals surface area contributed by atoms with E-state index in [0.29, 0.717) is 11.4 Å². The van der Waals surface area contributed by atoms with E-state index in [1.165, 1.54) is 35.6 Å². The number of rotatable bonds is 7. The number of esters is 1. The molecule has 2 aromatic rings. The molecule has 1 aromatic carbocycles. The fraction of sp³-hybridized carbons (Fsp3) is 0.421. The van der Waals surface area contributed by atoms with Gasteiger partial charge in [0, 0.05) is 20.1 Å². The Hall–Kier alpha value is -2.72. The summed E-state index contributed by atoms with van der Waals surface area (Å²) < 4.78 is 33.1. The number of hydrogen-bond donors (Lipinski definition) is 1. The maximum Gasteiger partial charge on any atom is 0.338 e. The van der Waals surface area contributed by atoms with E-state index in [4.69, 9.17) is 4.74 Å². The van der Waals surface area contributed by atoms with Crippen molar-refractivity contribution in [2.45, 2.75) is 38.6 Å². The molecule has 0 radical (unpaired) electrons. The third-order valence-corrected chi connectivity index (χ3v) is 6.61. The van der Waals surface area contributed by atoms with Crippen LogP contribution in [0.4, 0.5) is 5.69 Å². The molecule has 0 aliphatic rings. The predicted molar refractivity (Wildman–Crippen MR) is 108 cm³/mol. The average Bonchev–Trinajstić information content (AvgIpc) is 2.91. The Balaban J connectivity index is 2.07. The maximum absolute atomic E-state index is 12.6. The summed E-state index contributed by atoms with van der Waals surface area (Å²) in [5.41, 5.74) is 2.04. The first-order valence-corrected chi connectivity index (χ1v) is 10.4. The summed E-state index contributed by atoms with van der Waals surface area (Å²) >= 11 is 0. The summed E-state index contributed by atoms with van der Waals surface area (Å²) in [6.07, 6.45) is 0. The van der Waals surface area contributed by atoms with E-state index in [1.54, 1.807) is 32.5 Å². The van der Waals surface area contributed by atoms with Crippen molar-refractivity contribution in [3.63, 3.8) is 0 Å². The molecule has 29 heavy (non-hydrogen) atoms. The highest BCUT2D eigenvalue weighted by atomic mass is 32.2. The molecule has 0 spiro atoms. The molecular weight excluding hydrogens is 396 g/mol. The smallest absolute Gasteiger partial charge is 0.338 e. The molecule has 0 aliphatic carbocycles. The van der Waals surface area contributed by atoms with Crippen molar-refractivity contribution in [1.82, 2.24) is 14.1 Å². The summed E-state index contributed by atoms with van der Waals surface area (Å²) in [4.78, 5) is 24.4. The maximum atomic E-state index is 12.6. The third-order valence-electron chi connectivity index (χ3n) is 4.58. The quantitative estimate of drug-likeness (QED) is 0.682. The van der Waals surface area contributed by atoms with Gasteiger partial charge >= 0.3 is 5.97 Å². The summed E-state index contributed by atoms with van der Waals surface area (Å²) in [7, 11) is -0.507. The number of benzene rings is 1. The second kappa shape index (κ2) is 8.75. The Morgan fingerprint density at radius 2 is 1.93 bits per heavy atom. The molecule has 10 heteroatoms. The number of hydrogen-bond acceptors (Lipinski definition) is 6. The number of carbonyl (C=O) groups excluding carboxylic acids is 2. The number of amides is 1. The van der Waals surface area contributed by atoms with Gasteiger partial charge in [-0.3, -0.25) is 9.48 Å². The van der Waals surface area contributed by atoms with Crippen LogP contribution in [0.25, 0.3) is 0 Å². The van der Waals surface area contributed by atoms with Gasteiger partial charge in [-0.15, -0.1) is 0 Å². The van der Waals surface area contributed by atoms with Crippen LogP contribution < -0.4 is 5.32 Å². The molecule has 0 atom stereocenters. The second-order valence-corrected chi connectivity index (χ2v) is 8.93. The van der Waals surface area contributed by atoms with E-state index in [9.17, 15) is 18.0 Å². The monoisotopic (exact) mass is 422 g/mol. The zero-order valence-electron chi connectivity index (χ0n) is 17.4. The van der Waals surface area contributed by atoms with Crippen molar-refractivity contribution in [2.75, 3.05) is 19.0 Å². The van der Waals surface area contributed by atoms with Crippen LogP contribution in [-0.2, 0) is 26.6 Å². The molecule has 1 aromatic heterocycles. The molecule has 0 aliphatic heterocycles. The number of anilines is 1. The molecule has 2 rings (SSSR count). The van der Waals surface area contributed by atoms with Gasteiger partial charge in [0.2, 0.25) is 10.0 Å². The third kappa shape index (κ3) is 5.01. The first-order chi connectivity index (χ1) is 13.4. The second-order valence-electron chi connectivity index (χ2n) is 6.94. The van der Waals surface area contributed by atoms with Gasteiger partial charge in [-0.05, 0) is 45.9 Å². The van der Waals surface area contributed by atoms with Crippen molar-refractivity contribution in [1.29, 1.82) is 0 Å². The number of aromatic nitrogens is 2. The zero-order chi connectivity index (χ0) is 21.9. The van der Waals surface area contributed by atoms with Crippen LogP contribution in [0.3, 0.4) is 0 Å². The summed E-state index contributed by atoms with van der Waals surface area (Å²) in [5, 5.41) is 6.87. The minimum atomic E-state index is -3.74. The molecule has 1 amide bonds. The zero-order valence-corrected chi connectivity index (χ0v) is 18.2. The number of nitrogens with zero attached hydrogens (tertiary/aromatic N) is 3. The van der Waals surface area contributed by atoms with Crippen molar-refractivity contribution in [3.8, 4) is 0 Å². The molecule has 158 valence electrons. The Bertz CT molecular complexity index is 1030. The van der Waals surface area contributed by atoms with Crippen LogP contribution in [0, 0.1) is 13.8 Å². The van der Waals surface area contributed by atoms with E-state index in [2.05, 4.69) is 10.4 Å². The van der Waals surface area contributed by atoms with Gasteiger partial charge in [0.05, 0.1) is 27.5 Å². The lowest BCUT2D eigenvalue weighted by atomic mass is 10.2. The summed E-state index contributed by atoms with van der Waals surface area (Å²) in [6, 6.07) is 5.30. The first-order valence-electron chi connectivity index (χ1n) is 9.00. The topological polar surface area (TPSA) is 111 Å². The van der Waals surface area contributed by atoms with Crippen LogP contribution in [0.15, 0.2) is 29.2 Å². The van der Waals surface area contributed by atoms with Crippen molar-refractivity contribution in [3.05, 3.63) is 41.2 Å². The van der Waals surface area contributed by atoms with Crippen LogP contribution in [0.5, 0.6) is 0 Å². The Morgan fingerprint density at radius 3 is 2.48 bits per heavy atom. The number of carbonyl (C=O) groups is 2. The van der Waals surface area contributed by atoms with Crippen molar-refractivity contribution >= 4 is 27.6 Å². The fourth-order valence-corrected chi connectivity index (χ4v) is 3.99. The molecule has 1 N–H and O–H groups in total.